The molecule has 2 aromatic carbocycles. The Morgan fingerprint density at radius 2 is 1.80 bits per heavy atom. The van der Waals surface area contributed by atoms with Crippen LogP contribution in [0, 0.1) is 12.7 Å². The molecule has 0 saturated carbocycles. The lowest BCUT2D eigenvalue weighted by molar-refractivity contribution is 0.621. The van der Waals surface area contributed by atoms with Gasteiger partial charge in [-0.3, -0.25) is 4.98 Å². The highest BCUT2D eigenvalue weighted by Gasteiger charge is 2.11. The van der Waals surface area contributed by atoms with Crippen molar-refractivity contribution < 1.29 is 4.39 Å². The number of hydrogen-bond donors (Lipinski definition) is 0. The van der Waals surface area contributed by atoms with Crippen molar-refractivity contribution in [2.75, 3.05) is 0 Å². The van der Waals surface area contributed by atoms with Gasteiger partial charge in [-0.05, 0) is 53.1 Å². The van der Waals surface area contributed by atoms with E-state index < -0.39 is 0 Å². The van der Waals surface area contributed by atoms with Crippen LogP contribution in [0.3, 0.4) is 0 Å². The van der Waals surface area contributed by atoms with Crippen LogP contribution in [-0.2, 0) is 0 Å². The fourth-order valence-corrected chi connectivity index (χ4v) is 2.66. The number of benzene rings is 2. The van der Waals surface area contributed by atoms with Crippen LogP contribution >= 0.6 is 0 Å². The van der Waals surface area contributed by atoms with Gasteiger partial charge in [0.05, 0.1) is 5.69 Å². The molecule has 4 rings (SSSR count). The average molecular weight is 331 g/mol. The van der Waals surface area contributed by atoms with Gasteiger partial charge in [0.15, 0.2) is 0 Å². The lowest BCUT2D eigenvalue weighted by Gasteiger charge is -2.08. The van der Waals surface area contributed by atoms with E-state index in [1.807, 2.05) is 49.4 Å². The molecule has 0 N–H and O–H groups in total. The molecule has 0 bridgehead atoms. The zero-order valence-corrected chi connectivity index (χ0v) is 13.5. The minimum atomic E-state index is -0.354. The maximum absolute atomic E-state index is 14.2. The molecule has 0 saturated heterocycles. The van der Waals surface area contributed by atoms with Gasteiger partial charge in [-0.15, -0.1) is 15.0 Å². The minimum absolute atomic E-state index is 0.354. The van der Waals surface area contributed by atoms with Crippen LogP contribution < -0.4 is 0 Å². The second-order valence-corrected chi connectivity index (χ2v) is 5.63. The molecule has 0 aliphatic rings. The number of pyridine rings is 1. The maximum Gasteiger partial charge on any atom is 0.223 e. The van der Waals surface area contributed by atoms with Crippen molar-refractivity contribution in [3.8, 4) is 28.3 Å². The molecule has 4 aromatic rings. The van der Waals surface area contributed by atoms with E-state index >= 15 is 0 Å². The summed E-state index contributed by atoms with van der Waals surface area (Å²) in [6, 6.07) is 18.0. The molecule has 0 aliphatic heterocycles. The Morgan fingerprint density at radius 1 is 0.960 bits per heavy atom. The molecule has 0 radical (unpaired) electrons. The topological polar surface area (TPSA) is 56.5 Å². The summed E-state index contributed by atoms with van der Waals surface area (Å²) < 4.78 is 14.2. The second kappa shape index (κ2) is 6.24. The third-order valence-electron chi connectivity index (χ3n) is 3.88. The van der Waals surface area contributed by atoms with Crippen molar-refractivity contribution in [2.24, 2.45) is 0 Å². The Balaban J connectivity index is 1.77. The van der Waals surface area contributed by atoms with Crippen molar-refractivity contribution >= 4 is 0 Å². The summed E-state index contributed by atoms with van der Waals surface area (Å²) in [4.78, 5) is 5.51. The van der Waals surface area contributed by atoms with Gasteiger partial charge in [-0.2, -0.15) is 0 Å². The first-order valence-electron chi connectivity index (χ1n) is 7.79. The number of nitrogens with zero attached hydrogens (tertiary/aromatic N) is 5. The van der Waals surface area contributed by atoms with Gasteiger partial charge < -0.3 is 0 Å². The normalized spacial score (nSPS) is 10.8. The monoisotopic (exact) mass is 331 g/mol. The largest absolute Gasteiger partial charge is 0.253 e. The summed E-state index contributed by atoms with van der Waals surface area (Å²) in [6.07, 6.45) is 1.66. The number of tetrazole rings is 1. The zero-order valence-electron chi connectivity index (χ0n) is 13.5. The molecule has 0 aliphatic carbocycles. The summed E-state index contributed by atoms with van der Waals surface area (Å²) in [5.74, 6) is 0.0368. The van der Waals surface area contributed by atoms with Gasteiger partial charge in [-0.1, -0.05) is 30.3 Å². The molecule has 0 unspecified atom stereocenters. The van der Waals surface area contributed by atoms with E-state index in [0.29, 0.717) is 17.2 Å². The first-order valence-corrected chi connectivity index (χ1v) is 7.79. The molecule has 25 heavy (non-hydrogen) atoms. The van der Waals surface area contributed by atoms with Crippen LogP contribution in [0.2, 0.25) is 0 Å². The molecule has 2 heterocycles. The third-order valence-corrected chi connectivity index (χ3v) is 3.88. The summed E-state index contributed by atoms with van der Waals surface area (Å²) in [5.41, 5.74) is 3.93. The predicted octanol–water partition coefficient (Wildman–Crippen LogP) is 3.84. The minimum Gasteiger partial charge on any atom is -0.253 e. The lowest BCUT2D eigenvalue weighted by atomic mass is 10.0. The van der Waals surface area contributed by atoms with Gasteiger partial charge in [0.25, 0.3) is 0 Å². The van der Waals surface area contributed by atoms with Crippen molar-refractivity contribution in [1.82, 2.24) is 25.2 Å². The third kappa shape index (κ3) is 3.01. The van der Waals surface area contributed by atoms with E-state index in [1.165, 1.54) is 16.9 Å². The summed E-state index contributed by atoms with van der Waals surface area (Å²) in [5, 5.41) is 12.4. The summed E-state index contributed by atoms with van der Waals surface area (Å²) in [6.45, 7) is 1.99. The van der Waals surface area contributed by atoms with Crippen molar-refractivity contribution in [1.29, 1.82) is 0 Å². The van der Waals surface area contributed by atoms with E-state index in [9.17, 15) is 4.39 Å². The van der Waals surface area contributed by atoms with Crippen molar-refractivity contribution in [3.05, 3.63) is 78.2 Å². The lowest BCUT2D eigenvalue weighted by Crippen LogP contribution is -2.00. The zero-order chi connectivity index (χ0) is 17.2. The van der Waals surface area contributed by atoms with Crippen LogP contribution in [0.1, 0.15) is 5.56 Å². The highest BCUT2D eigenvalue weighted by Crippen LogP contribution is 2.26. The van der Waals surface area contributed by atoms with E-state index in [2.05, 4.69) is 20.4 Å². The Kier molecular flexibility index (Phi) is 3.78. The van der Waals surface area contributed by atoms with Crippen LogP contribution in [0.25, 0.3) is 28.3 Å². The maximum atomic E-state index is 14.2. The number of hydrogen-bond acceptors (Lipinski definition) is 4. The summed E-state index contributed by atoms with van der Waals surface area (Å²) in [7, 11) is 0. The van der Waals surface area contributed by atoms with Gasteiger partial charge in [0, 0.05) is 12.3 Å². The first kappa shape index (κ1) is 15.1. The van der Waals surface area contributed by atoms with E-state index in [4.69, 9.17) is 0 Å². The van der Waals surface area contributed by atoms with Gasteiger partial charge in [-0.25, -0.2) is 4.39 Å². The Labute approximate surface area is 143 Å². The Morgan fingerprint density at radius 3 is 2.60 bits per heavy atom. The molecular weight excluding hydrogens is 317 g/mol. The Hall–Kier alpha value is -3.41. The van der Waals surface area contributed by atoms with Gasteiger partial charge >= 0.3 is 0 Å². The standard InChI is InChI=1S/C19H14FN5/c1-13-6-2-3-7-17(13)14-10-15(20)12-16(11-14)25-23-19(22-24-25)18-8-4-5-9-21-18/h2-12H,1H3. The molecule has 2 aromatic heterocycles. The number of aryl methyl sites for hydroxylation is 1. The fourth-order valence-electron chi connectivity index (χ4n) is 2.66. The second-order valence-electron chi connectivity index (χ2n) is 5.63. The highest BCUT2D eigenvalue weighted by atomic mass is 19.1. The molecule has 5 nitrogen and oxygen atoms in total. The number of aromatic nitrogens is 5. The van der Waals surface area contributed by atoms with Crippen molar-refractivity contribution in [3.63, 3.8) is 0 Å². The van der Waals surface area contributed by atoms with Crippen LogP contribution in [0.4, 0.5) is 4.39 Å². The predicted molar refractivity (Wildman–Crippen MR) is 92.5 cm³/mol. The fraction of sp³-hybridized carbons (Fsp3) is 0.0526. The van der Waals surface area contributed by atoms with E-state index in [0.717, 1.165) is 16.7 Å². The van der Waals surface area contributed by atoms with E-state index in [-0.39, 0.29) is 5.82 Å². The molecule has 6 heteroatoms. The van der Waals surface area contributed by atoms with Crippen LogP contribution in [-0.4, -0.2) is 25.2 Å². The summed E-state index contributed by atoms with van der Waals surface area (Å²) >= 11 is 0. The SMILES string of the molecule is Cc1ccccc1-c1cc(F)cc(-n2nnc(-c3ccccn3)n2)c1. The average Bonchev–Trinajstić information content (AvgIpc) is 3.12. The molecule has 122 valence electrons. The van der Waals surface area contributed by atoms with Crippen LogP contribution in [0.15, 0.2) is 66.9 Å². The molecular formula is C19H14FN5. The number of rotatable bonds is 3. The molecule has 0 amide bonds. The highest BCUT2D eigenvalue weighted by molar-refractivity contribution is 5.69. The molecule has 0 atom stereocenters. The molecule has 0 fully saturated rings. The first-order chi connectivity index (χ1) is 12.2. The quantitative estimate of drug-likeness (QED) is 0.572. The van der Waals surface area contributed by atoms with Gasteiger partial charge in [0.2, 0.25) is 5.82 Å². The molecule has 0 spiro atoms. The Bertz CT molecular complexity index is 1030. The smallest absolute Gasteiger partial charge is 0.223 e. The van der Waals surface area contributed by atoms with Crippen molar-refractivity contribution in [2.45, 2.75) is 6.92 Å². The van der Waals surface area contributed by atoms with E-state index in [1.54, 1.807) is 12.3 Å². The van der Waals surface area contributed by atoms with Crippen LogP contribution in [0.5, 0.6) is 0 Å². The number of halogens is 1. The van der Waals surface area contributed by atoms with Gasteiger partial charge in [0.1, 0.15) is 11.5 Å².